The van der Waals surface area contributed by atoms with Gasteiger partial charge in [0.2, 0.25) is 5.89 Å². The van der Waals surface area contributed by atoms with Gasteiger partial charge in [-0.3, -0.25) is 9.78 Å². The molecule has 0 saturated heterocycles. The van der Waals surface area contributed by atoms with Crippen molar-refractivity contribution in [3.8, 4) is 22.7 Å². The van der Waals surface area contributed by atoms with E-state index >= 15 is 0 Å². The summed E-state index contributed by atoms with van der Waals surface area (Å²) in [5, 5.41) is 0. The highest BCUT2D eigenvalue weighted by Gasteiger charge is 2.21. The minimum Gasteiger partial charge on any atom is -0.445 e. The SMILES string of the molecule is O=C(Cc1cnc2c(c1)CCCc1ccc(-c3ncco3)cc1-2)c1c(F)cccc1F. The summed E-state index contributed by atoms with van der Waals surface area (Å²) < 4.78 is 33.3. The van der Waals surface area contributed by atoms with Crippen molar-refractivity contribution < 1.29 is 18.0 Å². The Kier molecular flexibility index (Phi) is 4.90. The van der Waals surface area contributed by atoms with Gasteiger partial charge < -0.3 is 4.42 Å². The Morgan fingerprint density at radius 1 is 1.00 bits per heavy atom. The number of hydrogen-bond acceptors (Lipinski definition) is 4. The zero-order chi connectivity index (χ0) is 21.4. The van der Waals surface area contributed by atoms with Crippen LogP contribution in [0, 0.1) is 11.6 Å². The molecule has 0 N–H and O–H groups in total. The lowest BCUT2D eigenvalue weighted by Gasteiger charge is -2.11. The number of aromatic nitrogens is 2. The van der Waals surface area contributed by atoms with Crippen molar-refractivity contribution in [2.45, 2.75) is 25.7 Å². The molecule has 0 saturated carbocycles. The van der Waals surface area contributed by atoms with Gasteiger partial charge in [0.15, 0.2) is 5.78 Å². The van der Waals surface area contributed by atoms with E-state index in [4.69, 9.17) is 4.42 Å². The quantitative estimate of drug-likeness (QED) is 0.407. The minimum atomic E-state index is -0.847. The number of oxazole rings is 1. The van der Waals surface area contributed by atoms with E-state index in [-0.39, 0.29) is 6.42 Å². The van der Waals surface area contributed by atoms with E-state index in [2.05, 4.69) is 16.0 Å². The highest BCUT2D eigenvalue weighted by Crippen LogP contribution is 2.34. The Labute approximate surface area is 177 Å². The molecule has 4 aromatic rings. The number of halogens is 2. The topological polar surface area (TPSA) is 56.0 Å². The Hall–Kier alpha value is -3.67. The van der Waals surface area contributed by atoms with Crippen molar-refractivity contribution >= 4 is 5.78 Å². The summed E-state index contributed by atoms with van der Waals surface area (Å²) in [6.07, 6.45) is 7.31. The van der Waals surface area contributed by atoms with Crippen molar-refractivity contribution in [1.82, 2.24) is 9.97 Å². The molecule has 0 fully saturated rings. The van der Waals surface area contributed by atoms with Crippen LogP contribution in [0.15, 0.2) is 65.5 Å². The average molecular weight is 416 g/mol. The van der Waals surface area contributed by atoms with Gasteiger partial charge in [0.05, 0.1) is 17.5 Å². The second-order valence-electron chi connectivity index (χ2n) is 7.61. The van der Waals surface area contributed by atoms with Crippen LogP contribution in [0.5, 0.6) is 0 Å². The molecular formula is C25H18F2N2O2. The zero-order valence-corrected chi connectivity index (χ0v) is 16.6. The lowest BCUT2D eigenvalue weighted by molar-refractivity contribution is 0.0985. The number of nitrogens with zero attached hydrogens (tertiary/aromatic N) is 2. The number of pyridine rings is 1. The number of benzene rings is 2. The van der Waals surface area contributed by atoms with Gasteiger partial charge in [0.1, 0.15) is 17.9 Å². The van der Waals surface area contributed by atoms with Crippen LogP contribution in [0.25, 0.3) is 22.7 Å². The van der Waals surface area contributed by atoms with Gasteiger partial charge in [0, 0.05) is 23.7 Å². The van der Waals surface area contributed by atoms with Crippen LogP contribution >= 0.6 is 0 Å². The van der Waals surface area contributed by atoms with Crippen molar-refractivity contribution in [1.29, 1.82) is 0 Å². The molecule has 2 aromatic heterocycles. The molecular weight excluding hydrogens is 398 g/mol. The molecule has 4 nitrogen and oxygen atoms in total. The normalized spacial score (nSPS) is 12.7. The van der Waals surface area contributed by atoms with Gasteiger partial charge in [-0.15, -0.1) is 0 Å². The molecule has 6 heteroatoms. The molecule has 154 valence electrons. The van der Waals surface area contributed by atoms with Gasteiger partial charge >= 0.3 is 0 Å². The van der Waals surface area contributed by atoms with Crippen LogP contribution in [0.4, 0.5) is 8.78 Å². The van der Waals surface area contributed by atoms with Crippen LogP contribution in [0.3, 0.4) is 0 Å². The molecule has 0 atom stereocenters. The fraction of sp³-hybridized carbons (Fsp3) is 0.160. The third-order valence-corrected chi connectivity index (χ3v) is 5.57. The molecule has 0 bridgehead atoms. The average Bonchev–Trinajstić information content (AvgIpc) is 3.23. The van der Waals surface area contributed by atoms with Gasteiger partial charge in [-0.1, -0.05) is 18.2 Å². The second kappa shape index (κ2) is 7.87. The van der Waals surface area contributed by atoms with E-state index in [9.17, 15) is 13.6 Å². The molecule has 1 aliphatic rings. The summed E-state index contributed by atoms with van der Waals surface area (Å²) >= 11 is 0. The maximum Gasteiger partial charge on any atom is 0.225 e. The van der Waals surface area contributed by atoms with E-state index < -0.39 is 23.0 Å². The van der Waals surface area contributed by atoms with E-state index in [1.807, 2.05) is 18.2 Å². The van der Waals surface area contributed by atoms with Gasteiger partial charge in [0.25, 0.3) is 0 Å². The highest BCUT2D eigenvalue weighted by atomic mass is 19.1. The summed E-state index contributed by atoms with van der Waals surface area (Å²) in [5.41, 5.74) is 5.08. The molecule has 2 heterocycles. The molecule has 31 heavy (non-hydrogen) atoms. The van der Waals surface area contributed by atoms with Crippen molar-refractivity contribution in [2.75, 3.05) is 0 Å². The number of aryl methyl sites for hydroxylation is 2. The first kappa shape index (κ1) is 19.3. The van der Waals surface area contributed by atoms with Crippen LogP contribution < -0.4 is 0 Å². The van der Waals surface area contributed by atoms with Crippen LogP contribution in [-0.2, 0) is 19.3 Å². The lowest BCUT2D eigenvalue weighted by Crippen LogP contribution is -2.10. The van der Waals surface area contributed by atoms with E-state index in [1.54, 1.807) is 12.4 Å². The smallest absolute Gasteiger partial charge is 0.225 e. The predicted octanol–water partition coefficient (Wildman–Crippen LogP) is 5.60. The molecule has 0 aliphatic heterocycles. The fourth-order valence-corrected chi connectivity index (χ4v) is 4.11. The Morgan fingerprint density at radius 2 is 1.81 bits per heavy atom. The van der Waals surface area contributed by atoms with Crippen LogP contribution in [0.2, 0.25) is 0 Å². The lowest BCUT2D eigenvalue weighted by atomic mass is 9.97. The van der Waals surface area contributed by atoms with E-state index in [0.29, 0.717) is 11.5 Å². The molecule has 1 aliphatic carbocycles. The molecule has 0 spiro atoms. The molecule has 2 aromatic carbocycles. The third-order valence-electron chi connectivity index (χ3n) is 5.57. The van der Waals surface area contributed by atoms with E-state index in [0.717, 1.165) is 53.8 Å². The maximum atomic E-state index is 14.0. The monoisotopic (exact) mass is 416 g/mol. The zero-order valence-electron chi connectivity index (χ0n) is 16.6. The first-order valence-electron chi connectivity index (χ1n) is 10.1. The summed E-state index contributed by atoms with van der Waals surface area (Å²) in [6, 6.07) is 11.4. The summed E-state index contributed by atoms with van der Waals surface area (Å²) in [6.45, 7) is 0. The summed E-state index contributed by atoms with van der Waals surface area (Å²) in [5.74, 6) is -1.75. The summed E-state index contributed by atoms with van der Waals surface area (Å²) in [7, 11) is 0. The maximum absolute atomic E-state index is 14.0. The number of carbonyl (C=O) groups excluding carboxylic acids is 1. The molecule has 0 radical (unpaired) electrons. The second-order valence-corrected chi connectivity index (χ2v) is 7.61. The largest absolute Gasteiger partial charge is 0.445 e. The van der Waals surface area contributed by atoms with Crippen molar-refractivity contribution in [3.63, 3.8) is 0 Å². The fourth-order valence-electron chi connectivity index (χ4n) is 4.11. The molecule has 0 amide bonds. The van der Waals surface area contributed by atoms with Gasteiger partial charge in [-0.05, 0) is 60.2 Å². The number of hydrogen-bond donors (Lipinski definition) is 0. The number of carbonyl (C=O) groups is 1. The Balaban J connectivity index is 1.50. The first-order chi connectivity index (χ1) is 15.1. The molecule has 5 rings (SSSR count). The number of fused-ring (bicyclic) bond motifs is 3. The summed E-state index contributed by atoms with van der Waals surface area (Å²) in [4.78, 5) is 21.4. The van der Waals surface area contributed by atoms with E-state index in [1.165, 1.54) is 17.9 Å². The Bertz CT molecular complexity index is 1260. The first-order valence-corrected chi connectivity index (χ1v) is 10.1. The van der Waals surface area contributed by atoms with Crippen LogP contribution in [0.1, 0.15) is 33.5 Å². The highest BCUT2D eigenvalue weighted by molar-refractivity contribution is 5.98. The van der Waals surface area contributed by atoms with Crippen molar-refractivity contribution in [3.05, 3.63) is 95.0 Å². The Morgan fingerprint density at radius 3 is 2.58 bits per heavy atom. The third kappa shape index (κ3) is 3.65. The number of rotatable bonds is 4. The van der Waals surface area contributed by atoms with Gasteiger partial charge in [-0.25, -0.2) is 13.8 Å². The minimum absolute atomic E-state index is 0.110. The van der Waals surface area contributed by atoms with Crippen LogP contribution in [-0.4, -0.2) is 15.8 Å². The molecule has 0 unspecified atom stereocenters. The number of ketones is 1. The van der Waals surface area contributed by atoms with Gasteiger partial charge in [-0.2, -0.15) is 0 Å². The standard InChI is InChI=1S/C25H18F2N2O2/c26-20-5-2-6-21(27)23(20)22(30)12-15-11-17-4-1-3-16-7-8-18(25-28-9-10-31-25)13-19(16)24(17)29-14-15/h2,5-11,13-14H,1,3-4,12H2. The van der Waals surface area contributed by atoms with Crippen molar-refractivity contribution in [2.24, 2.45) is 0 Å². The number of Topliss-reactive ketones (excluding diaryl/α,β-unsaturated/α-hetero) is 1. The predicted molar refractivity (Wildman–Crippen MR) is 112 cm³/mol.